The molecule has 1 heterocycles. The minimum absolute atomic E-state index is 0.669. The summed E-state index contributed by atoms with van der Waals surface area (Å²) in [5.74, 6) is 2.25. The van der Waals surface area contributed by atoms with Crippen molar-refractivity contribution in [3.63, 3.8) is 0 Å². The van der Waals surface area contributed by atoms with Crippen LogP contribution < -0.4 is 5.73 Å². The van der Waals surface area contributed by atoms with Gasteiger partial charge in [0.15, 0.2) is 5.82 Å². The minimum Gasteiger partial charge on any atom is -0.398 e. The van der Waals surface area contributed by atoms with E-state index in [0.29, 0.717) is 5.92 Å². The molecule has 21 heavy (non-hydrogen) atoms. The van der Waals surface area contributed by atoms with Crippen molar-refractivity contribution in [1.82, 2.24) is 20.2 Å². The zero-order valence-electron chi connectivity index (χ0n) is 12.8. The summed E-state index contributed by atoms with van der Waals surface area (Å²) in [6.45, 7) is 5.27. The van der Waals surface area contributed by atoms with Crippen LogP contribution in [0.2, 0.25) is 0 Å². The molecule has 5 nitrogen and oxygen atoms in total. The van der Waals surface area contributed by atoms with Gasteiger partial charge in [-0.25, -0.2) is 4.68 Å². The summed E-state index contributed by atoms with van der Waals surface area (Å²) in [5, 5.41) is 12.3. The van der Waals surface area contributed by atoms with Crippen LogP contribution >= 0.6 is 0 Å². The van der Waals surface area contributed by atoms with E-state index in [1.807, 2.05) is 29.8 Å². The van der Waals surface area contributed by atoms with E-state index in [-0.39, 0.29) is 0 Å². The quantitative estimate of drug-likeness (QED) is 0.880. The molecule has 112 valence electrons. The molecule has 1 fully saturated rings. The molecule has 0 aliphatic heterocycles. The van der Waals surface area contributed by atoms with Crippen molar-refractivity contribution in [3.05, 3.63) is 23.8 Å². The van der Waals surface area contributed by atoms with E-state index in [1.165, 1.54) is 25.7 Å². The van der Waals surface area contributed by atoms with Gasteiger partial charge >= 0.3 is 0 Å². The predicted molar refractivity (Wildman–Crippen MR) is 83.5 cm³/mol. The summed E-state index contributed by atoms with van der Waals surface area (Å²) in [6, 6.07) is 5.91. The van der Waals surface area contributed by atoms with Crippen molar-refractivity contribution in [2.75, 3.05) is 5.73 Å². The second kappa shape index (κ2) is 5.84. The van der Waals surface area contributed by atoms with Gasteiger partial charge in [-0.1, -0.05) is 38.3 Å². The maximum atomic E-state index is 6.01. The number of rotatable bonds is 3. The minimum atomic E-state index is 0.669. The van der Waals surface area contributed by atoms with E-state index in [0.717, 1.165) is 35.1 Å². The second-order valence-electron chi connectivity index (χ2n) is 6.23. The van der Waals surface area contributed by atoms with Crippen LogP contribution in [0.3, 0.4) is 0 Å². The molecule has 0 radical (unpaired) electrons. The fraction of sp³-hybridized carbons (Fsp3) is 0.562. The third-order valence-corrected chi connectivity index (χ3v) is 4.85. The average Bonchev–Trinajstić information content (AvgIpc) is 2.92. The highest BCUT2D eigenvalue weighted by atomic mass is 15.5. The van der Waals surface area contributed by atoms with Crippen LogP contribution in [-0.4, -0.2) is 20.2 Å². The number of tetrazole rings is 1. The molecular weight excluding hydrogens is 262 g/mol. The van der Waals surface area contributed by atoms with Gasteiger partial charge in [0.25, 0.3) is 0 Å². The zero-order chi connectivity index (χ0) is 14.8. The van der Waals surface area contributed by atoms with E-state index in [2.05, 4.69) is 22.4 Å². The van der Waals surface area contributed by atoms with Gasteiger partial charge in [-0.05, 0) is 47.2 Å². The van der Waals surface area contributed by atoms with Gasteiger partial charge in [0.1, 0.15) is 0 Å². The SMILES string of the molecule is Cc1c(N)cccc1-c1nnnn1CC1CCCCC1C. The first kappa shape index (κ1) is 14.0. The van der Waals surface area contributed by atoms with E-state index < -0.39 is 0 Å². The lowest BCUT2D eigenvalue weighted by atomic mass is 9.80. The molecule has 1 aliphatic rings. The Morgan fingerprint density at radius 3 is 2.90 bits per heavy atom. The topological polar surface area (TPSA) is 69.6 Å². The molecule has 0 spiro atoms. The number of hydrogen-bond acceptors (Lipinski definition) is 4. The fourth-order valence-corrected chi connectivity index (χ4v) is 3.30. The van der Waals surface area contributed by atoms with Crippen molar-refractivity contribution in [2.24, 2.45) is 11.8 Å². The lowest BCUT2D eigenvalue weighted by molar-refractivity contribution is 0.221. The Bertz CT molecular complexity index is 619. The van der Waals surface area contributed by atoms with Crippen molar-refractivity contribution >= 4 is 5.69 Å². The van der Waals surface area contributed by atoms with Gasteiger partial charge in [0, 0.05) is 17.8 Å². The molecular formula is C16H23N5. The average molecular weight is 285 g/mol. The Labute approximate surface area is 125 Å². The number of aromatic nitrogens is 4. The zero-order valence-corrected chi connectivity index (χ0v) is 12.8. The van der Waals surface area contributed by atoms with Gasteiger partial charge in [-0.2, -0.15) is 0 Å². The normalized spacial score (nSPS) is 22.4. The Morgan fingerprint density at radius 2 is 2.10 bits per heavy atom. The van der Waals surface area contributed by atoms with Crippen molar-refractivity contribution in [1.29, 1.82) is 0 Å². The first-order valence-electron chi connectivity index (χ1n) is 7.78. The highest BCUT2D eigenvalue weighted by Gasteiger charge is 2.24. The third kappa shape index (κ3) is 2.77. The molecule has 0 bridgehead atoms. The van der Waals surface area contributed by atoms with Crippen LogP contribution in [0.4, 0.5) is 5.69 Å². The van der Waals surface area contributed by atoms with Gasteiger partial charge in [-0.15, -0.1) is 5.10 Å². The Kier molecular flexibility index (Phi) is 3.90. The summed E-state index contributed by atoms with van der Waals surface area (Å²) in [4.78, 5) is 0. The van der Waals surface area contributed by atoms with E-state index in [9.17, 15) is 0 Å². The molecule has 0 saturated heterocycles. The van der Waals surface area contributed by atoms with Gasteiger partial charge in [0.05, 0.1) is 0 Å². The number of anilines is 1. The maximum absolute atomic E-state index is 6.01. The molecule has 5 heteroatoms. The summed E-state index contributed by atoms with van der Waals surface area (Å²) in [6.07, 6.45) is 5.27. The van der Waals surface area contributed by atoms with Crippen molar-refractivity contribution in [3.8, 4) is 11.4 Å². The lowest BCUT2D eigenvalue weighted by Gasteiger charge is -2.28. The molecule has 2 N–H and O–H groups in total. The molecule has 1 saturated carbocycles. The fourth-order valence-electron chi connectivity index (χ4n) is 3.30. The maximum Gasteiger partial charge on any atom is 0.182 e. The van der Waals surface area contributed by atoms with Gasteiger partial charge in [0.2, 0.25) is 0 Å². The van der Waals surface area contributed by atoms with Gasteiger partial charge in [-0.3, -0.25) is 0 Å². The molecule has 1 aromatic heterocycles. The molecule has 1 aliphatic carbocycles. The summed E-state index contributed by atoms with van der Waals surface area (Å²) in [5.41, 5.74) is 8.87. The summed E-state index contributed by atoms with van der Waals surface area (Å²) < 4.78 is 1.95. The lowest BCUT2D eigenvalue weighted by Crippen LogP contribution is -2.23. The summed E-state index contributed by atoms with van der Waals surface area (Å²) >= 11 is 0. The highest BCUT2D eigenvalue weighted by molar-refractivity contribution is 5.67. The monoisotopic (exact) mass is 285 g/mol. The van der Waals surface area contributed by atoms with E-state index in [4.69, 9.17) is 5.73 Å². The number of hydrogen-bond donors (Lipinski definition) is 1. The molecule has 2 atom stereocenters. The van der Waals surface area contributed by atoms with E-state index >= 15 is 0 Å². The Hall–Kier alpha value is -1.91. The largest absolute Gasteiger partial charge is 0.398 e. The Balaban J connectivity index is 1.88. The van der Waals surface area contributed by atoms with Crippen LogP contribution in [0.15, 0.2) is 18.2 Å². The van der Waals surface area contributed by atoms with Crippen LogP contribution in [0.25, 0.3) is 11.4 Å². The predicted octanol–water partition coefficient (Wildman–Crippen LogP) is 3.06. The smallest absolute Gasteiger partial charge is 0.182 e. The molecule has 2 aromatic rings. The Morgan fingerprint density at radius 1 is 1.29 bits per heavy atom. The van der Waals surface area contributed by atoms with Crippen molar-refractivity contribution < 1.29 is 0 Å². The van der Waals surface area contributed by atoms with Crippen LogP contribution in [-0.2, 0) is 6.54 Å². The van der Waals surface area contributed by atoms with Gasteiger partial charge < -0.3 is 5.73 Å². The third-order valence-electron chi connectivity index (χ3n) is 4.85. The van der Waals surface area contributed by atoms with E-state index in [1.54, 1.807) is 0 Å². The summed E-state index contributed by atoms with van der Waals surface area (Å²) in [7, 11) is 0. The van der Waals surface area contributed by atoms with Crippen LogP contribution in [0, 0.1) is 18.8 Å². The van der Waals surface area contributed by atoms with Crippen LogP contribution in [0.1, 0.15) is 38.2 Å². The molecule has 2 unspecified atom stereocenters. The number of nitrogen functional groups attached to an aromatic ring is 1. The standard InChI is InChI=1S/C16H23N5/c1-11-6-3-4-7-13(11)10-21-16(18-19-20-21)14-8-5-9-15(17)12(14)2/h5,8-9,11,13H,3-4,6-7,10,17H2,1-2H3. The first-order valence-corrected chi connectivity index (χ1v) is 7.78. The second-order valence-corrected chi connectivity index (χ2v) is 6.23. The number of nitrogens with two attached hydrogens (primary N) is 1. The molecule has 3 rings (SSSR count). The van der Waals surface area contributed by atoms with Crippen LogP contribution in [0.5, 0.6) is 0 Å². The number of benzene rings is 1. The highest BCUT2D eigenvalue weighted by Crippen LogP contribution is 2.32. The first-order chi connectivity index (χ1) is 10.2. The molecule has 1 aromatic carbocycles. The number of nitrogens with zero attached hydrogens (tertiary/aromatic N) is 4. The van der Waals surface area contributed by atoms with Crippen molar-refractivity contribution in [2.45, 2.75) is 46.1 Å². The molecule has 0 amide bonds.